The average molecular weight is 371 g/mol. The summed E-state index contributed by atoms with van der Waals surface area (Å²) in [6, 6.07) is 11.0. The molecule has 0 spiro atoms. The van der Waals surface area contributed by atoms with Crippen molar-refractivity contribution in [2.75, 3.05) is 11.9 Å². The van der Waals surface area contributed by atoms with E-state index >= 15 is 0 Å². The first kappa shape index (κ1) is 17.5. The number of aromatic nitrogens is 1. The van der Waals surface area contributed by atoms with Crippen LogP contribution in [-0.2, 0) is 9.53 Å². The second-order valence-corrected chi connectivity index (χ2v) is 6.45. The Morgan fingerprint density at radius 1 is 1.23 bits per heavy atom. The van der Waals surface area contributed by atoms with E-state index in [2.05, 4.69) is 10.3 Å². The number of hydrogen-bond donors (Lipinski definition) is 1. The molecule has 1 aromatic heterocycles. The number of amides is 1. The van der Waals surface area contributed by atoms with Gasteiger partial charge < -0.3 is 4.74 Å². The molecule has 0 aliphatic carbocycles. The average Bonchev–Trinajstić information content (AvgIpc) is 3.01. The van der Waals surface area contributed by atoms with E-state index in [-0.39, 0.29) is 10.8 Å². The minimum atomic E-state index is -0.597. The molecule has 0 radical (unpaired) electrons. The van der Waals surface area contributed by atoms with Gasteiger partial charge in [0, 0.05) is 12.1 Å². The lowest BCUT2D eigenvalue weighted by Gasteiger charge is -2.04. The molecule has 0 aliphatic heterocycles. The Bertz CT molecular complexity index is 997. The van der Waals surface area contributed by atoms with Crippen molar-refractivity contribution in [3.8, 4) is 0 Å². The van der Waals surface area contributed by atoms with Crippen LogP contribution in [0.2, 0.25) is 0 Å². The van der Waals surface area contributed by atoms with Gasteiger partial charge in [-0.15, -0.1) is 0 Å². The second-order valence-electron chi connectivity index (χ2n) is 5.42. The number of non-ortho nitro benzene ring substituents is 1. The zero-order chi connectivity index (χ0) is 18.7. The van der Waals surface area contributed by atoms with Crippen LogP contribution in [0.25, 0.3) is 10.2 Å². The Morgan fingerprint density at radius 2 is 1.96 bits per heavy atom. The third kappa shape index (κ3) is 4.01. The highest BCUT2D eigenvalue weighted by molar-refractivity contribution is 7.22. The van der Waals surface area contributed by atoms with Crippen molar-refractivity contribution >= 4 is 44.2 Å². The fourth-order valence-electron chi connectivity index (χ4n) is 2.14. The summed E-state index contributed by atoms with van der Waals surface area (Å²) in [5.41, 5.74) is 1.85. The summed E-state index contributed by atoms with van der Waals surface area (Å²) in [6.45, 7) is 1.44. The third-order valence-electron chi connectivity index (χ3n) is 3.45. The Kier molecular flexibility index (Phi) is 4.90. The van der Waals surface area contributed by atoms with Crippen molar-refractivity contribution in [1.29, 1.82) is 0 Å². The van der Waals surface area contributed by atoms with Gasteiger partial charge in [0.05, 0.1) is 20.7 Å². The van der Waals surface area contributed by atoms with E-state index in [9.17, 15) is 19.7 Å². The minimum Gasteiger partial charge on any atom is -0.452 e. The van der Waals surface area contributed by atoms with E-state index in [1.54, 1.807) is 24.3 Å². The van der Waals surface area contributed by atoms with Crippen LogP contribution in [-0.4, -0.2) is 28.4 Å². The molecule has 1 N–H and O–H groups in total. The van der Waals surface area contributed by atoms with Crippen molar-refractivity contribution in [3.05, 3.63) is 63.7 Å². The van der Waals surface area contributed by atoms with E-state index in [1.807, 2.05) is 6.92 Å². The number of esters is 1. The molecule has 2 aromatic carbocycles. The zero-order valence-electron chi connectivity index (χ0n) is 13.6. The van der Waals surface area contributed by atoms with Gasteiger partial charge in [0.25, 0.3) is 11.6 Å². The van der Waals surface area contributed by atoms with Crippen LogP contribution < -0.4 is 5.32 Å². The fraction of sp³-hybridized carbons (Fsp3) is 0.118. The van der Waals surface area contributed by atoms with Crippen LogP contribution in [0.5, 0.6) is 0 Å². The van der Waals surface area contributed by atoms with Gasteiger partial charge >= 0.3 is 5.97 Å². The van der Waals surface area contributed by atoms with Gasteiger partial charge in [-0.3, -0.25) is 20.2 Å². The summed E-state index contributed by atoms with van der Waals surface area (Å²) >= 11 is 1.10. The van der Waals surface area contributed by atoms with E-state index in [4.69, 9.17) is 4.74 Å². The van der Waals surface area contributed by atoms with Gasteiger partial charge in [-0.2, -0.15) is 0 Å². The molecule has 26 heavy (non-hydrogen) atoms. The highest BCUT2D eigenvalue weighted by Gasteiger charge is 2.14. The highest BCUT2D eigenvalue weighted by Crippen LogP contribution is 2.29. The quantitative estimate of drug-likeness (QED) is 0.418. The van der Waals surface area contributed by atoms with Crippen molar-refractivity contribution in [3.63, 3.8) is 0 Å². The number of carbonyl (C=O) groups is 2. The molecule has 0 fully saturated rings. The number of ether oxygens (including phenoxy) is 1. The monoisotopic (exact) mass is 371 g/mol. The number of nitrogens with zero attached hydrogens (tertiary/aromatic N) is 2. The summed E-state index contributed by atoms with van der Waals surface area (Å²) < 4.78 is 5.54. The van der Waals surface area contributed by atoms with Gasteiger partial charge in [0.1, 0.15) is 0 Å². The molecule has 8 nitrogen and oxygen atoms in total. The Labute approximate surface area is 151 Å². The molecule has 1 amide bonds. The smallest absolute Gasteiger partial charge is 0.338 e. The van der Waals surface area contributed by atoms with Crippen LogP contribution in [0.3, 0.4) is 0 Å². The highest BCUT2D eigenvalue weighted by atomic mass is 32.1. The maximum absolute atomic E-state index is 11.9. The Balaban J connectivity index is 1.61. The van der Waals surface area contributed by atoms with E-state index in [1.165, 1.54) is 18.2 Å². The molecule has 0 atom stereocenters. The topological polar surface area (TPSA) is 111 Å². The molecule has 0 saturated carbocycles. The standard InChI is InChI=1S/C17H13N3O5S/c1-10-2-4-11(5-3-10)16(22)25-9-15(21)19-17-18-13-7-6-12(20(23)24)8-14(13)26-17/h2-8H,9H2,1H3,(H,18,19,21). The molecule has 0 unspecified atom stereocenters. The lowest BCUT2D eigenvalue weighted by atomic mass is 10.1. The molecule has 0 aliphatic rings. The molecule has 9 heteroatoms. The first-order valence-electron chi connectivity index (χ1n) is 7.51. The molecular weight excluding hydrogens is 358 g/mol. The second kappa shape index (κ2) is 7.28. The van der Waals surface area contributed by atoms with Gasteiger partial charge in [-0.1, -0.05) is 29.0 Å². The van der Waals surface area contributed by atoms with Gasteiger partial charge in [0.15, 0.2) is 11.7 Å². The number of nitro groups is 1. The molecule has 3 aromatic rings. The van der Waals surface area contributed by atoms with Crippen LogP contribution in [0.4, 0.5) is 10.8 Å². The van der Waals surface area contributed by atoms with E-state index in [0.29, 0.717) is 15.8 Å². The summed E-state index contributed by atoms with van der Waals surface area (Å²) in [7, 11) is 0. The predicted octanol–water partition coefficient (Wildman–Crippen LogP) is 3.31. The maximum atomic E-state index is 11.9. The first-order chi connectivity index (χ1) is 12.4. The number of aryl methyl sites for hydroxylation is 1. The largest absolute Gasteiger partial charge is 0.452 e. The van der Waals surface area contributed by atoms with Crippen molar-refractivity contribution in [2.24, 2.45) is 0 Å². The number of nitro benzene ring substituents is 1. The van der Waals surface area contributed by atoms with Crippen molar-refractivity contribution < 1.29 is 19.2 Å². The molecule has 132 valence electrons. The minimum absolute atomic E-state index is 0.0499. The van der Waals surface area contributed by atoms with Crippen molar-refractivity contribution in [2.45, 2.75) is 6.92 Å². The summed E-state index contributed by atoms with van der Waals surface area (Å²) in [4.78, 5) is 38.3. The number of nitrogens with one attached hydrogen (secondary N) is 1. The lowest BCUT2D eigenvalue weighted by molar-refractivity contribution is -0.384. The van der Waals surface area contributed by atoms with Crippen LogP contribution in [0, 0.1) is 17.0 Å². The van der Waals surface area contributed by atoms with E-state index < -0.39 is 23.4 Å². The number of carbonyl (C=O) groups excluding carboxylic acids is 2. The molecule has 3 rings (SSSR count). The number of fused-ring (bicyclic) bond motifs is 1. The SMILES string of the molecule is Cc1ccc(C(=O)OCC(=O)Nc2nc3ccc([N+](=O)[O-])cc3s2)cc1. The number of hydrogen-bond acceptors (Lipinski definition) is 7. The van der Waals surface area contributed by atoms with Crippen LogP contribution in [0.15, 0.2) is 42.5 Å². The summed E-state index contributed by atoms with van der Waals surface area (Å²) in [6.07, 6.45) is 0. The Morgan fingerprint density at radius 3 is 2.65 bits per heavy atom. The van der Waals surface area contributed by atoms with Crippen LogP contribution >= 0.6 is 11.3 Å². The molecular formula is C17H13N3O5S. The van der Waals surface area contributed by atoms with Gasteiger partial charge in [0.2, 0.25) is 0 Å². The number of anilines is 1. The van der Waals surface area contributed by atoms with Crippen molar-refractivity contribution in [1.82, 2.24) is 4.98 Å². The number of thiazole rings is 1. The van der Waals surface area contributed by atoms with E-state index in [0.717, 1.165) is 16.9 Å². The Hall–Kier alpha value is -3.33. The lowest BCUT2D eigenvalue weighted by Crippen LogP contribution is -2.20. The molecule has 0 saturated heterocycles. The summed E-state index contributed by atoms with van der Waals surface area (Å²) in [5, 5.41) is 13.6. The van der Waals surface area contributed by atoms with Crippen LogP contribution in [0.1, 0.15) is 15.9 Å². The number of rotatable bonds is 5. The normalized spacial score (nSPS) is 10.5. The predicted molar refractivity (Wildman–Crippen MR) is 96.4 cm³/mol. The summed E-state index contributed by atoms with van der Waals surface area (Å²) in [5.74, 6) is -1.14. The molecule has 1 heterocycles. The van der Waals surface area contributed by atoms with Gasteiger partial charge in [-0.25, -0.2) is 9.78 Å². The number of benzene rings is 2. The van der Waals surface area contributed by atoms with Gasteiger partial charge in [-0.05, 0) is 25.1 Å². The molecule has 0 bridgehead atoms. The fourth-order valence-corrected chi connectivity index (χ4v) is 3.05. The third-order valence-corrected chi connectivity index (χ3v) is 4.38. The first-order valence-corrected chi connectivity index (χ1v) is 8.32. The maximum Gasteiger partial charge on any atom is 0.338 e. The zero-order valence-corrected chi connectivity index (χ0v) is 14.4.